The molecule has 0 amide bonds. The van der Waals surface area contributed by atoms with E-state index in [2.05, 4.69) is 6.92 Å². The number of unbranched alkanes of at least 4 members (excludes halogenated alkanes) is 1. The summed E-state index contributed by atoms with van der Waals surface area (Å²) in [5.74, 6) is -4.66. The number of halogens is 8. The molecule has 0 aliphatic heterocycles. The molecule has 3 aromatic rings. The largest absolute Gasteiger partial charge is 0.493 e. The van der Waals surface area contributed by atoms with Crippen LogP contribution in [-0.4, -0.2) is 12.8 Å². The third-order valence-electron chi connectivity index (χ3n) is 7.52. The van der Waals surface area contributed by atoms with E-state index < -0.39 is 52.0 Å². The van der Waals surface area contributed by atoms with Crippen molar-refractivity contribution in [3.05, 3.63) is 83.2 Å². The highest BCUT2D eigenvalue weighted by Crippen LogP contribution is 2.36. The standard InChI is InChI=1S/C32H30F8O/c1-2-3-4-19-5-7-20(8-6-19)18-41-23-9-10-24(28(35)17-23)21-13-29(36)31(30(37)14-21)22-15-26(33)25(27(34)16-22)11-12-32(38,39)40/h9-17,19-20H,2-8,18H2,1H3/b12-11+. The van der Waals surface area contributed by atoms with Crippen LogP contribution in [0.3, 0.4) is 0 Å². The molecule has 220 valence electrons. The lowest BCUT2D eigenvalue weighted by Crippen LogP contribution is -2.20. The molecular formula is C32H30F8O. The Balaban J connectivity index is 1.48. The van der Waals surface area contributed by atoms with Gasteiger partial charge in [-0.15, -0.1) is 0 Å². The summed E-state index contributed by atoms with van der Waals surface area (Å²) in [6.07, 6.45) is 3.15. The van der Waals surface area contributed by atoms with Crippen molar-refractivity contribution in [3.8, 4) is 28.0 Å². The minimum absolute atomic E-state index is 0.108. The van der Waals surface area contributed by atoms with E-state index in [0.717, 1.165) is 49.8 Å². The Morgan fingerprint density at radius 1 is 0.756 bits per heavy atom. The van der Waals surface area contributed by atoms with Gasteiger partial charge in [0.25, 0.3) is 0 Å². The monoisotopic (exact) mass is 582 g/mol. The highest BCUT2D eigenvalue weighted by molar-refractivity contribution is 5.73. The molecule has 3 aromatic carbocycles. The maximum Gasteiger partial charge on any atom is 0.409 e. The van der Waals surface area contributed by atoms with Crippen LogP contribution in [0.4, 0.5) is 35.1 Å². The van der Waals surface area contributed by atoms with E-state index >= 15 is 0 Å². The van der Waals surface area contributed by atoms with Gasteiger partial charge in [0.1, 0.15) is 34.8 Å². The number of allylic oxidation sites excluding steroid dienone is 1. The van der Waals surface area contributed by atoms with Crippen molar-refractivity contribution < 1.29 is 39.9 Å². The molecule has 41 heavy (non-hydrogen) atoms. The van der Waals surface area contributed by atoms with Gasteiger partial charge >= 0.3 is 6.18 Å². The lowest BCUT2D eigenvalue weighted by molar-refractivity contribution is -0.0790. The zero-order chi connectivity index (χ0) is 29.7. The van der Waals surface area contributed by atoms with Crippen molar-refractivity contribution in [1.82, 2.24) is 0 Å². The summed E-state index contributed by atoms with van der Waals surface area (Å²) in [7, 11) is 0. The van der Waals surface area contributed by atoms with Crippen LogP contribution in [-0.2, 0) is 0 Å². The Morgan fingerprint density at radius 2 is 1.34 bits per heavy atom. The van der Waals surface area contributed by atoms with E-state index in [1.165, 1.54) is 31.4 Å². The van der Waals surface area contributed by atoms with E-state index in [1.807, 2.05) is 0 Å². The van der Waals surface area contributed by atoms with Gasteiger partial charge in [0.05, 0.1) is 12.2 Å². The van der Waals surface area contributed by atoms with Crippen molar-refractivity contribution in [2.24, 2.45) is 11.8 Å². The first-order valence-electron chi connectivity index (χ1n) is 13.6. The van der Waals surface area contributed by atoms with Crippen molar-refractivity contribution >= 4 is 6.08 Å². The Bertz CT molecular complexity index is 1340. The molecule has 0 saturated heterocycles. The lowest BCUT2D eigenvalue weighted by atomic mass is 9.80. The van der Waals surface area contributed by atoms with E-state index in [4.69, 9.17) is 4.74 Å². The number of rotatable bonds is 9. The highest BCUT2D eigenvalue weighted by Gasteiger charge is 2.24. The molecule has 0 atom stereocenters. The molecule has 0 aromatic heterocycles. The first-order valence-corrected chi connectivity index (χ1v) is 13.6. The summed E-state index contributed by atoms with van der Waals surface area (Å²) in [4.78, 5) is 0. The van der Waals surface area contributed by atoms with Crippen LogP contribution < -0.4 is 4.74 Å². The Morgan fingerprint density at radius 3 is 1.90 bits per heavy atom. The number of ether oxygens (including phenoxy) is 1. The predicted molar refractivity (Wildman–Crippen MR) is 143 cm³/mol. The van der Waals surface area contributed by atoms with Crippen LogP contribution in [0.25, 0.3) is 28.3 Å². The van der Waals surface area contributed by atoms with Gasteiger partial charge in [0.15, 0.2) is 0 Å². The van der Waals surface area contributed by atoms with E-state index in [-0.39, 0.29) is 23.3 Å². The normalized spacial score (nSPS) is 17.8. The number of alkyl halides is 3. The molecule has 9 heteroatoms. The lowest BCUT2D eigenvalue weighted by Gasteiger charge is -2.28. The van der Waals surface area contributed by atoms with Crippen LogP contribution in [0, 0.1) is 40.9 Å². The third kappa shape index (κ3) is 7.89. The number of hydrogen-bond donors (Lipinski definition) is 0. The zero-order valence-corrected chi connectivity index (χ0v) is 22.4. The van der Waals surface area contributed by atoms with E-state index in [9.17, 15) is 35.1 Å². The van der Waals surface area contributed by atoms with E-state index in [0.29, 0.717) is 30.4 Å². The second kappa shape index (κ2) is 13.1. The van der Waals surface area contributed by atoms with Crippen molar-refractivity contribution in [3.63, 3.8) is 0 Å². The van der Waals surface area contributed by atoms with Crippen molar-refractivity contribution in [2.45, 2.75) is 58.0 Å². The van der Waals surface area contributed by atoms with Gasteiger partial charge in [-0.05, 0) is 78.3 Å². The Labute approximate surface area is 233 Å². The maximum atomic E-state index is 15.0. The summed E-state index contributed by atoms with van der Waals surface area (Å²) in [5, 5.41) is 0. The molecule has 0 spiro atoms. The molecule has 0 bridgehead atoms. The van der Waals surface area contributed by atoms with Gasteiger partial charge in [0, 0.05) is 23.3 Å². The zero-order valence-electron chi connectivity index (χ0n) is 22.4. The van der Waals surface area contributed by atoms with Crippen LogP contribution in [0.2, 0.25) is 0 Å². The molecule has 1 saturated carbocycles. The molecule has 0 unspecified atom stereocenters. The minimum atomic E-state index is -4.81. The van der Waals surface area contributed by atoms with Gasteiger partial charge in [-0.3, -0.25) is 0 Å². The number of benzene rings is 3. The molecule has 4 rings (SSSR count). The van der Waals surface area contributed by atoms with Crippen LogP contribution in [0.15, 0.2) is 48.5 Å². The smallest absolute Gasteiger partial charge is 0.409 e. The fourth-order valence-corrected chi connectivity index (χ4v) is 5.28. The first-order chi connectivity index (χ1) is 19.4. The summed E-state index contributed by atoms with van der Waals surface area (Å²) < 4.78 is 117. The number of hydrogen-bond acceptors (Lipinski definition) is 1. The molecule has 1 aliphatic rings. The quantitative estimate of drug-likeness (QED) is 0.228. The van der Waals surface area contributed by atoms with Crippen molar-refractivity contribution in [1.29, 1.82) is 0 Å². The summed E-state index contributed by atoms with van der Waals surface area (Å²) in [6.45, 7) is 2.64. The Hall–Kier alpha value is -3.36. The SMILES string of the molecule is CCCCC1CCC(COc2ccc(-c3cc(F)c(-c4cc(F)c(/C=C/C(F)(F)F)c(F)c4)c(F)c3)c(F)c2)CC1. The molecule has 0 radical (unpaired) electrons. The van der Waals surface area contributed by atoms with Crippen molar-refractivity contribution in [2.75, 3.05) is 6.61 Å². The average molecular weight is 583 g/mol. The minimum Gasteiger partial charge on any atom is -0.493 e. The maximum absolute atomic E-state index is 15.0. The van der Waals surface area contributed by atoms with Crippen LogP contribution in [0.1, 0.15) is 57.4 Å². The molecule has 0 heterocycles. The van der Waals surface area contributed by atoms with Crippen LogP contribution >= 0.6 is 0 Å². The predicted octanol–water partition coefficient (Wildman–Crippen LogP) is 10.7. The third-order valence-corrected chi connectivity index (χ3v) is 7.52. The second-order valence-electron chi connectivity index (χ2n) is 10.5. The summed E-state index contributed by atoms with van der Waals surface area (Å²) in [5.41, 5.74) is -2.63. The molecule has 1 fully saturated rings. The fraction of sp³-hybridized carbons (Fsp3) is 0.375. The summed E-state index contributed by atoms with van der Waals surface area (Å²) >= 11 is 0. The van der Waals surface area contributed by atoms with Crippen LogP contribution in [0.5, 0.6) is 5.75 Å². The van der Waals surface area contributed by atoms with Gasteiger partial charge in [-0.2, -0.15) is 13.2 Å². The highest BCUT2D eigenvalue weighted by atomic mass is 19.4. The van der Waals surface area contributed by atoms with Gasteiger partial charge in [0.2, 0.25) is 0 Å². The first kappa shape index (κ1) is 30.6. The topological polar surface area (TPSA) is 9.23 Å². The van der Waals surface area contributed by atoms with Gasteiger partial charge in [-0.25, -0.2) is 22.0 Å². The fourth-order valence-electron chi connectivity index (χ4n) is 5.28. The summed E-state index contributed by atoms with van der Waals surface area (Å²) in [6, 6.07) is 6.69. The Kier molecular flexibility index (Phi) is 9.76. The second-order valence-corrected chi connectivity index (χ2v) is 10.5. The molecule has 0 N–H and O–H groups in total. The molecule has 1 nitrogen and oxygen atoms in total. The van der Waals surface area contributed by atoms with Gasteiger partial charge < -0.3 is 4.74 Å². The average Bonchev–Trinajstić information content (AvgIpc) is 2.90. The molecular weight excluding hydrogens is 552 g/mol. The van der Waals surface area contributed by atoms with Gasteiger partial charge in [-0.1, -0.05) is 39.0 Å². The molecule has 1 aliphatic carbocycles. The van der Waals surface area contributed by atoms with E-state index in [1.54, 1.807) is 0 Å².